The maximum atomic E-state index is 12.5. The molecule has 1 aromatic carbocycles. The first-order chi connectivity index (χ1) is 15.7. The van der Waals surface area contributed by atoms with Gasteiger partial charge in [-0.3, -0.25) is 10.1 Å². The molecule has 1 unspecified atom stereocenters. The van der Waals surface area contributed by atoms with E-state index in [-0.39, 0.29) is 5.57 Å². The van der Waals surface area contributed by atoms with Crippen LogP contribution in [0.4, 0.5) is 4.79 Å². The summed E-state index contributed by atoms with van der Waals surface area (Å²) in [6.45, 7) is 9.64. The molecule has 1 heterocycles. The molecule has 0 aliphatic carbocycles. The summed E-state index contributed by atoms with van der Waals surface area (Å²) in [5.74, 6) is -0.981. The number of nitrogens with one attached hydrogen (secondary N) is 2. The molecule has 1 atom stereocenters. The first-order valence-corrected chi connectivity index (χ1v) is 10.5. The molecule has 174 valence electrons. The van der Waals surface area contributed by atoms with E-state index in [4.69, 9.17) is 9.47 Å². The summed E-state index contributed by atoms with van der Waals surface area (Å²) in [6.07, 6.45) is 0.164. The van der Waals surface area contributed by atoms with Gasteiger partial charge in [-0.2, -0.15) is 5.26 Å². The maximum absolute atomic E-state index is 12.5. The highest BCUT2D eigenvalue weighted by Crippen LogP contribution is 2.24. The fourth-order valence-electron chi connectivity index (χ4n) is 3.18. The number of aromatic nitrogens is 1. The van der Waals surface area contributed by atoms with Crippen LogP contribution in [0, 0.1) is 25.2 Å². The highest BCUT2D eigenvalue weighted by Gasteiger charge is 2.22. The summed E-state index contributed by atoms with van der Waals surface area (Å²) >= 11 is 0. The number of imide groups is 1. The van der Waals surface area contributed by atoms with Crippen LogP contribution in [-0.2, 0) is 14.3 Å². The number of carbonyl (C=O) groups excluding carboxylic acids is 3. The number of nitriles is 1. The van der Waals surface area contributed by atoms with Crippen molar-refractivity contribution in [2.24, 2.45) is 0 Å². The van der Waals surface area contributed by atoms with Crippen molar-refractivity contribution in [2.45, 2.75) is 40.7 Å². The van der Waals surface area contributed by atoms with E-state index in [2.05, 4.69) is 10.6 Å². The largest absolute Gasteiger partial charge is 0.494 e. The fraction of sp³-hybridized carbons (Fsp3) is 0.333. The van der Waals surface area contributed by atoms with Gasteiger partial charge in [0.05, 0.1) is 6.61 Å². The monoisotopic (exact) mass is 452 g/mol. The third-order valence-electron chi connectivity index (χ3n) is 4.74. The molecule has 0 saturated carbocycles. The molecule has 0 bridgehead atoms. The predicted octanol–water partition coefficient (Wildman–Crippen LogP) is 3.18. The number of urea groups is 1. The molecule has 1 aromatic heterocycles. The van der Waals surface area contributed by atoms with E-state index in [0.717, 1.165) is 22.8 Å². The van der Waals surface area contributed by atoms with Crippen molar-refractivity contribution in [2.75, 3.05) is 13.2 Å². The van der Waals surface area contributed by atoms with Gasteiger partial charge in [0, 0.05) is 23.6 Å². The van der Waals surface area contributed by atoms with Crippen molar-refractivity contribution in [3.8, 4) is 17.5 Å². The van der Waals surface area contributed by atoms with Gasteiger partial charge in [-0.1, -0.05) is 0 Å². The van der Waals surface area contributed by atoms with E-state index in [1.54, 1.807) is 6.92 Å². The second kappa shape index (κ2) is 11.5. The Morgan fingerprint density at radius 1 is 1.18 bits per heavy atom. The van der Waals surface area contributed by atoms with Crippen LogP contribution in [0.25, 0.3) is 11.8 Å². The van der Waals surface area contributed by atoms with Gasteiger partial charge in [0.25, 0.3) is 5.91 Å². The molecule has 0 saturated heterocycles. The van der Waals surface area contributed by atoms with Crippen LogP contribution >= 0.6 is 0 Å². The average Bonchev–Trinajstić information content (AvgIpc) is 3.05. The van der Waals surface area contributed by atoms with E-state index in [1.807, 2.05) is 61.7 Å². The predicted molar refractivity (Wildman–Crippen MR) is 123 cm³/mol. The minimum Gasteiger partial charge on any atom is -0.494 e. The van der Waals surface area contributed by atoms with Crippen LogP contribution in [0.15, 0.2) is 35.9 Å². The summed E-state index contributed by atoms with van der Waals surface area (Å²) in [5.41, 5.74) is 3.03. The third-order valence-corrected chi connectivity index (χ3v) is 4.74. The lowest BCUT2D eigenvalue weighted by atomic mass is 10.1. The molecular weight excluding hydrogens is 424 g/mol. The number of aryl methyl sites for hydroxylation is 1. The average molecular weight is 453 g/mol. The van der Waals surface area contributed by atoms with Gasteiger partial charge >= 0.3 is 12.0 Å². The van der Waals surface area contributed by atoms with Gasteiger partial charge in [-0.05, 0) is 76.6 Å². The number of carbonyl (C=O) groups is 3. The Morgan fingerprint density at radius 2 is 1.85 bits per heavy atom. The maximum Gasteiger partial charge on any atom is 0.349 e. The summed E-state index contributed by atoms with van der Waals surface area (Å²) < 4.78 is 12.5. The highest BCUT2D eigenvalue weighted by molar-refractivity contribution is 6.01. The molecule has 3 amide bonds. The second-order valence-electron chi connectivity index (χ2n) is 7.15. The minimum atomic E-state index is -1.26. The van der Waals surface area contributed by atoms with Crippen molar-refractivity contribution in [1.82, 2.24) is 15.2 Å². The van der Waals surface area contributed by atoms with Crippen LogP contribution in [0.1, 0.15) is 37.7 Å². The van der Waals surface area contributed by atoms with Crippen molar-refractivity contribution in [3.63, 3.8) is 0 Å². The molecule has 0 spiro atoms. The van der Waals surface area contributed by atoms with Gasteiger partial charge in [0.1, 0.15) is 17.4 Å². The third kappa shape index (κ3) is 6.46. The van der Waals surface area contributed by atoms with E-state index >= 15 is 0 Å². The van der Waals surface area contributed by atoms with E-state index < -0.39 is 24.0 Å². The summed E-state index contributed by atoms with van der Waals surface area (Å²) in [7, 11) is 0. The van der Waals surface area contributed by atoms with Crippen molar-refractivity contribution < 1.29 is 23.9 Å². The van der Waals surface area contributed by atoms with E-state index in [9.17, 15) is 19.6 Å². The molecule has 0 aliphatic heterocycles. The normalized spacial score (nSPS) is 11.8. The Bertz CT molecular complexity index is 1090. The Morgan fingerprint density at radius 3 is 2.42 bits per heavy atom. The summed E-state index contributed by atoms with van der Waals surface area (Å²) in [4.78, 5) is 35.9. The number of rotatable bonds is 8. The van der Waals surface area contributed by atoms with Gasteiger partial charge in [0.2, 0.25) is 0 Å². The molecule has 2 aromatic rings. The number of benzene rings is 1. The smallest absolute Gasteiger partial charge is 0.349 e. The van der Waals surface area contributed by atoms with Crippen LogP contribution in [-0.4, -0.2) is 41.7 Å². The molecule has 9 heteroatoms. The van der Waals surface area contributed by atoms with E-state index in [1.165, 1.54) is 13.0 Å². The lowest BCUT2D eigenvalue weighted by Gasteiger charge is -2.12. The summed E-state index contributed by atoms with van der Waals surface area (Å²) in [5, 5.41) is 14.0. The first kappa shape index (κ1) is 25.2. The van der Waals surface area contributed by atoms with Crippen molar-refractivity contribution in [3.05, 3.63) is 52.9 Å². The summed E-state index contributed by atoms with van der Waals surface area (Å²) in [6, 6.07) is 10.6. The lowest BCUT2D eigenvalue weighted by molar-refractivity contribution is -0.150. The number of nitrogens with zero attached hydrogens (tertiary/aromatic N) is 2. The molecular formula is C24H28N4O5. The van der Waals surface area contributed by atoms with Crippen LogP contribution in [0.5, 0.6) is 5.75 Å². The van der Waals surface area contributed by atoms with Gasteiger partial charge < -0.3 is 19.4 Å². The lowest BCUT2D eigenvalue weighted by Crippen LogP contribution is -2.44. The SMILES string of the molecule is CCNC(=O)NC(=O)C(C)OC(=O)/C(C#N)=C/c1cc(C)n(-c2ccc(OCC)cc2)c1C. The fourth-order valence-corrected chi connectivity index (χ4v) is 3.18. The van der Waals surface area contributed by atoms with E-state index in [0.29, 0.717) is 18.7 Å². The molecule has 2 rings (SSSR count). The number of ether oxygens (including phenoxy) is 2. The van der Waals surface area contributed by atoms with Crippen LogP contribution in [0.3, 0.4) is 0 Å². The topological polar surface area (TPSA) is 122 Å². The highest BCUT2D eigenvalue weighted by atomic mass is 16.5. The molecule has 0 aliphatic rings. The van der Waals surface area contributed by atoms with Crippen molar-refractivity contribution in [1.29, 1.82) is 5.26 Å². The zero-order chi connectivity index (χ0) is 24.5. The first-order valence-electron chi connectivity index (χ1n) is 10.5. The Balaban J connectivity index is 2.21. The number of hydrogen-bond acceptors (Lipinski definition) is 6. The second-order valence-corrected chi connectivity index (χ2v) is 7.15. The number of esters is 1. The molecule has 33 heavy (non-hydrogen) atoms. The Hall–Kier alpha value is -4.06. The molecule has 0 radical (unpaired) electrons. The van der Waals surface area contributed by atoms with Gasteiger partial charge in [-0.25, -0.2) is 9.59 Å². The van der Waals surface area contributed by atoms with Gasteiger partial charge in [0.15, 0.2) is 6.10 Å². The molecule has 9 nitrogen and oxygen atoms in total. The van der Waals surface area contributed by atoms with Gasteiger partial charge in [-0.15, -0.1) is 0 Å². The quantitative estimate of drug-likeness (QED) is 0.360. The Labute approximate surface area is 193 Å². The number of hydrogen-bond donors (Lipinski definition) is 2. The molecule has 0 fully saturated rings. The van der Waals surface area contributed by atoms with Crippen LogP contribution in [0.2, 0.25) is 0 Å². The standard InChI is InChI=1S/C24H28N4O5/c1-6-26-24(31)27-22(29)17(5)33-23(30)19(14-25)13-18-12-15(3)28(16(18)4)20-8-10-21(11-9-20)32-7-2/h8-13,17H,6-7H2,1-5H3,(H2,26,27,29,31)/b19-13+. The Kier molecular flexibility index (Phi) is 8.80. The van der Waals surface area contributed by atoms with Crippen LogP contribution < -0.4 is 15.4 Å². The zero-order valence-electron chi connectivity index (χ0n) is 19.4. The minimum absolute atomic E-state index is 0.264. The van der Waals surface area contributed by atoms with Crippen molar-refractivity contribution >= 4 is 24.0 Å². The molecule has 2 N–H and O–H groups in total. The zero-order valence-corrected chi connectivity index (χ0v) is 19.4. The number of amides is 3.